The molecule has 3 amide bonds. The molecule has 18 heavy (non-hydrogen) atoms. The highest BCUT2D eigenvalue weighted by Gasteiger charge is 2.27. The first kappa shape index (κ1) is 10.6. The number of rotatable bonds is 1. The smallest absolute Gasteiger partial charge is 0.329 e. The van der Waals surface area contributed by atoms with E-state index in [2.05, 4.69) is 10.3 Å². The molecule has 1 aliphatic rings. The molecule has 92 valence electrons. The molecule has 0 spiro atoms. The van der Waals surface area contributed by atoms with Crippen molar-refractivity contribution in [3.8, 4) is 0 Å². The minimum atomic E-state index is -0.450. The molecule has 7 heteroatoms. The van der Waals surface area contributed by atoms with Gasteiger partial charge in [-0.2, -0.15) is 0 Å². The predicted octanol–water partition coefficient (Wildman–Crippen LogP) is 0.363. The summed E-state index contributed by atoms with van der Waals surface area (Å²) in [5.74, 6) is 0.784. The van der Waals surface area contributed by atoms with Crippen molar-refractivity contribution in [2.24, 2.45) is 0 Å². The number of nitrogens with zero attached hydrogens (tertiary/aromatic N) is 3. The number of pyridine rings is 1. The van der Waals surface area contributed by atoms with Crippen LogP contribution in [0, 0.1) is 0 Å². The van der Waals surface area contributed by atoms with Gasteiger partial charge < -0.3 is 5.73 Å². The van der Waals surface area contributed by atoms with Crippen molar-refractivity contribution in [3.05, 3.63) is 24.5 Å². The first-order valence-corrected chi connectivity index (χ1v) is 5.50. The second-order valence-electron chi connectivity index (χ2n) is 4.03. The summed E-state index contributed by atoms with van der Waals surface area (Å²) in [7, 11) is 0. The molecule has 1 saturated heterocycles. The van der Waals surface area contributed by atoms with Crippen molar-refractivity contribution in [3.63, 3.8) is 0 Å². The fourth-order valence-corrected chi connectivity index (χ4v) is 2.00. The van der Waals surface area contributed by atoms with Gasteiger partial charge in [0.05, 0.1) is 5.52 Å². The number of aromatic nitrogens is 2. The molecule has 1 aliphatic heterocycles. The van der Waals surface area contributed by atoms with Crippen LogP contribution in [-0.4, -0.2) is 27.9 Å². The number of hydrogen-bond donors (Lipinski definition) is 2. The monoisotopic (exact) mass is 245 g/mol. The number of urea groups is 1. The van der Waals surface area contributed by atoms with Crippen LogP contribution in [0.5, 0.6) is 0 Å². The molecule has 0 unspecified atom stereocenters. The van der Waals surface area contributed by atoms with Gasteiger partial charge in [-0.25, -0.2) is 9.78 Å². The Labute approximate surface area is 102 Å². The van der Waals surface area contributed by atoms with Crippen molar-refractivity contribution >= 4 is 29.1 Å². The number of nitrogens with one attached hydrogen (secondary N) is 1. The van der Waals surface area contributed by atoms with Crippen LogP contribution in [0.15, 0.2) is 24.5 Å². The highest BCUT2D eigenvalue weighted by Crippen LogP contribution is 2.23. The maximum absolute atomic E-state index is 11.7. The number of amides is 3. The van der Waals surface area contributed by atoms with Crippen LogP contribution in [0.4, 0.5) is 16.4 Å². The second kappa shape index (κ2) is 3.73. The van der Waals surface area contributed by atoms with E-state index >= 15 is 0 Å². The summed E-state index contributed by atoms with van der Waals surface area (Å²) in [4.78, 5) is 28.5. The van der Waals surface area contributed by atoms with Gasteiger partial charge in [-0.05, 0) is 12.1 Å². The third-order valence-corrected chi connectivity index (χ3v) is 2.89. The molecule has 1 fully saturated rings. The van der Waals surface area contributed by atoms with Gasteiger partial charge >= 0.3 is 6.03 Å². The minimum Gasteiger partial charge on any atom is -0.385 e. The number of imide groups is 1. The zero-order valence-corrected chi connectivity index (χ0v) is 9.46. The molecule has 0 bridgehead atoms. The Kier molecular flexibility index (Phi) is 2.19. The first-order chi connectivity index (χ1) is 8.66. The topological polar surface area (TPSA) is 92.7 Å². The second-order valence-corrected chi connectivity index (χ2v) is 4.03. The molecule has 2 aromatic rings. The molecule has 0 aliphatic carbocycles. The SMILES string of the molecule is Nc1cccc2c(N3CCC(=O)NC3=O)ncn12. The summed E-state index contributed by atoms with van der Waals surface area (Å²) in [6, 6.07) is 4.91. The van der Waals surface area contributed by atoms with Crippen LogP contribution in [0.2, 0.25) is 0 Å². The van der Waals surface area contributed by atoms with Gasteiger partial charge in [0.1, 0.15) is 12.1 Å². The Bertz CT molecular complexity index is 648. The third kappa shape index (κ3) is 1.48. The number of nitrogen functional groups attached to an aromatic ring is 1. The summed E-state index contributed by atoms with van der Waals surface area (Å²) in [6.07, 6.45) is 1.83. The molecule has 0 radical (unpaired) electrons. The number of fused-ring (bicyclic) bond motifs is 1. The maximum Gasteiger partial charge on any atom is 0.329 e. The number of anilines is 2. The lowest BCUT2D eigenvalue weighted by atomic mass is 10.3. The van der Waals surface area contributed by atoms with E-state index in [1.165, 1.54) is 4.90 Å². The fourth-order valence-electron chi connectivity index (χ4n) is 2.00. The van der Waals surface area contributed by atoms with E-state index in [9.17, 15) is 9.59 Å². The van der Waals surface area contributed by atoms with E-state index in [0.717, 1.165) is 5.52 Å². The fraction of sp³-hybridized carbons (Fsp3) is 0.182. The van der Waals surface area contributed by atoms with E-state index in [0.29, 0.717) is 18.2 Å². The molecular formula is C11H11N5O2. The number of imidazole rings is 1. The van der Waals surface area contributed by atoms with Crippen molar-refractivity contribution in [2.75, 3.05) is 17.2 Å². The van der Waals surface area contributed by atoms with E-state index < -0.39 is 6.03 Å². The van der Waals surface area contributed by atoms with Gasteiger partial charge in [0, 0.05) is 13.0 Å². The molecule has 7 nitrogen and oxygen atoms in total. The van der Waals surface area contributed by atoms with Crippen molar-refractivity contribution in [1.82, 2.24) is 14.7 Å². The van der Waals surface area contributed by atoms with E-state index in [1.54, 1.807) is 22.9 Å². The average molecular weight is 245 g/mol. The van der Waals surface area contributed by atoms with Gasteiger partial charge in [-0.1, -0.05) is 6.07 Å². The van der Waals surface area contributed by atoms with Crippen LogP contribution in [0.25, 0.3) is 5.52 Å². The number of carbonyl (C=O) groups is 2. The number of hydrogen-bond acceptors (Lipinski definition) is 4. The standard InChI is InChI=1S/C11H11N5O2/c12-8-3-1-2-7-10(13-6-16(7)8)15-5-4-9(17)14-11(15)18/h1-3,6H,4-5,12H2,(H,14,17,18). The molecule has 0 saturated carbocycles. The maximum atomic E-state index is 11.7. The van der Waals surface area contributed by atoms with Crippen molar-refractivity contribution in [2.45, 2.75) is 6.42 Å². The molecule has 0 aromatic carbocycles. The van der Waals surface area contributed by atoms with Crippen LogP contribution in [0.1, 0.15) is 6.42 Å². The van der Waals surface area contributed by atoms with Crippen molar-refractivity contribution in [1.29, 1.82) is 0 Å². The summed E-state index contributed by atoms with van der Waals surface area (Å²) in [5.41, 5.74) is 6.54. The van der Waals surface area contributed by atoms with Gasteiger partial charge in [0.25, 0.3) is 0 Å². The summed E-state index contributed by atoms with van der Waals surface area (Å²) >= 11 is 0. The van der Waals surface area contributed by atoms with Gasteiger partial charge in [-0.15, -0.1) is 0 Å². The zero-order chi connectivity index (χ0) is 12.7. The lowest BCUT2D eigenvalue weighted by Crippen LogP contribution is -2.49. The first-order valence-electron chi connectivity index (χ1n) is 5.50. The van der Waals surface area contributed by atoms with Gasteiger partial charge in [0.15, 0.2) is 5.82 Å². The molecular weight excluding hydrogens is 234 g/mol. The van der Waals surface area contributed by atoms with Gasteiger partial charge in [-0.3, -0.25) is 19.4 Å². The summed E-state index contributed by atoms with van der Waals surface area (Å²) in [6.45, 7) is 0.326. The van der Waals surface area contributed by atoms with Gasteiger partial charge in [0.2, 0.25) is 5.91 Å². The largest absolute Gasteiger partial charge is 0.385 e. The summed E-state index contributed by atoms with van der Waals surface area (Å²) < 4.78 is 1.69. The number of nitrogens with two attached hydrogens (primary N) is 1. The lowest BCUT2D eigenvalue weighted by molar-refractivity contribution is -0.120. The van der Waals surface area contributed by atoms with E-state index in [4.69, 9.17) is 5.73 Å². The Morgan fingerprint density at radius 3 is 2.94 bits per heavy atom. The van der Waals surface area contributed by atoms with Crippen LogP contribution in [0.3, 0.4) is 0 Å². The Hall–Kier alpha value is -2.57. The summed E-state index contributed by atoms with van der Waals surface area (Å²) in [5, 5.41) is 2.26. The molecule has 2 aromatic heterocycles. The average Bonchev–Trinajstić information content (AvgIpc) is 2.74. The Morgan fingerprint density at radius 1 is 1.33 bits per heavy atom. The quantitative estimate of drug-likeness (QED) is 0.758. The highest BCUT2D eigenvalue weighted by atomic mass is 16.2. The molecule has 0 atom stereocenters. The number of carbonyl (C=O) groups excluding carboxylic acids is 2. The normalized spacial score (nSPS) is 16.1. The molecule has 3 rings (SSSR count). The van der Waals surface area contributed by atoms with E-state index in [1.807, 2.05) is 6.07 Å². The Balaban J connectivity index is 2.07. The highest BCUT2D eigenvalue weighted by molar-refractivity contribution is 6.06. The van der Waals surface area contributed by atoms with Crippen molar-refractivity contribution < 1.29 is 9.59 Å². The minimum absolute atomic E-state index is 0.265. The van der Waals surface area contributed by atoms with Crippen LogP contribution >= 0.6 is 0 Å². The molecule has 3 N–H and O–H groups in total. The molecule has 3 heterocycles. The van der Waals surface area contributed by atoms with E-state index in [-0.39, 0.29) is 12.3 Å². The Morgan fingerprint density at radius 2 is 2.17 bits per heavy atom. The van der Waals surface area contributed by atoms with Crippen LogP contribution in [-0.2, 0) is 4.79 Å². The lowest BCUT2D eigenvalue weighted by Gasteiger charge is -2.24. The predicted molar refractivity (Wildman–Crippen MR) is 65.1 cm³/mol. The zero-order valence-electron chi connectivity index (χ0n) is 9.46. The third-order valence-electron chi connectivity index (χ3n) is 2.89. The van der Waals surface area contributed by atoms with Crippen LogP contribution < -0.4 is 16.0 Å².